The molecule has 2 amide bonds. The van der Waals surface area contributed by atoms with Crippen LogP contribution in [0.3, 0.4) is 0 Å². The van der Waals surface area contributed by atoms with Gasteiger partial charge in [0, 0.05) is 5.56 Å². The molecule has 0 N–H and O–H groups in total. The number of carbonyl (C=O) groups excluding carboxylic acids is 4. The summed E-state index contributed by atoms with van der Waals surface area (Å²) >= 11 is 0. The van der Waals surface area contributed by atoms with Crippen molar-refractivity contribution < 1.29 is 23.9 Å². The minimum atomic E-state index is -0.641. The van der Waals surface area contributed by atoms with Crippen LogP contribution in [-0.2, 0) is 14.3 Å². The molecule has 1 heterocycles. The monoisotopic (exact) mass is 389 g/mol. The lowest BCUT2D eigenvalue weighted by Gasteiger charge is -2.15. The Labute approximate surface area is 167 Å². The predicted octanol–water partition coefficient (Wildman–Crippen LogP) is 3.18. The Morgan fingerprint density at radius 1 is 0.828 bits per heavy atom. The van der Waals surface area contributed by atoms with Crippen LogP contribution in [0.4, 0.5) is 5.69 Å². The molecule has 2 aromatic carbocycles. The highest BCUT2D eigenvalue weighted by atomic mass is 16.5. The predicted molar refractivity (Wildman–Crippen MR) is 105 cm³/mol. The van der Waals surface area contributed by atoms with E-state index in [0.717, 1.165) is 0 Å². The molecule has 1 saturated heterocycles. The molecule has 0 aromatic heterocycles. The summed E-state index contributed by atoms with van der Waals surface area (Å²) in [6, 6.07) is 14.7. The van der Waals surface area contributed by atoms with Crippen molar-refractivity contribution >= 4 is 29.3 Å². The number of Topliss-reactive ketones (excluding diaryl/α,β-unsaturated/α-hetero) is 1. The number of amides is 2. The van der Waals surface area contributed by atoms with Gasteiger partial charge in [0.1, 0.15) is 0 Å². The minimum absolute atomic E-state index is 0.201. The zero-order chi connectivity index (χ0) is 20.4. The van der Waals surface area contributed by atoms with E-state index in [1.807, 2.05) is 12.2 Å². The van der Waals surface area contributed by atoms with Gasteiger partial charge in [-0.15, -0.1) is 0 Å². The number of ketones is 1. The van der Waals surface area contributed by atoms with Crippen LogP contribution in [0.2, 0.25) is 0 Å². The Hall–Kier alpha value is -3.54. The van der Waals surface area contributed by atoms with Crippen LogP contribution in [0.5, 0.6) is 0 Å². The topological polar surface area (TPSA) is 80.8 Å². The maximum Gasteiger partial charge on any atom is 0.338 e. The Morgan fingerprint density at radius 3 is 2.00 bits per heavy atom. The molecule has 2 aliphatic rings. The number of esters is 1. The first-order valence-corrected chi connectivity index (χ1v) is 9.44. The molecule has 0 radical (unpaired) electrons. The number of carbonyl (C=O) groups is 4. The zero-order valence-electron chi connectivity index (χ0n) is 15.6. The van der Waals surface area contributed by atoms with Crippen molar-refractivity contribution in [3.05, 3.63) is 77.9 Å². The van der Waals surface area contributed by atoms with Gasteiger partial charge in [-0.05, 0) is 37.1 Å². The smallest absolute Gasteiger partial charge is 0.338 e. The van der Waals surface area contributed by atoms with Crippen molar-refractivity contribution in [1.29, 1.82) is 0 Å². The van der Waals surface area contributed by atoms with Crippen LogP contribution in [0, 0.1) is 11.8 Å². The number of hydrogen-bond donors (Lipinski definition) is 0. The second-order valence-electron chi connectivity index (χ2n) is 7.08. The Kier molecular flexibility index (Phi) is 5.08. The van der Waals surface area contributed by atoms with Gasteiger partial charge >= 0.3 is 5.97 Å². The number of fused-ring (bicyclic) bond motifs is 1. The molecule has 2 atom stereocenters. The van der Waals surface area contributed by atoms with Gasteiger partial charge < -0.3 is 4.74 Å². The summed E-state index contributed by atoms with van der Waals surface area (Å²) in [6.45, 7) is -0.357. The van der Waals surface area contributed by atoms with Crippen molar-refractivity contribution in [1.82, 2.24) is 0 Å². The molecule has 29 heavy (non-hydrogen) atoms. The summed E-state index contributed by atoms with van der Waals surface area (Å²) in [7, 11) is 0. The zero-order valence-corrected chi connectivity index (χ0v) is 15.6. The molecule has 4 rings (SSSR count). The third-order valence-corrected chi connectivity index (χ3v) is 5.30. The Morgan fingerprint density at radius 2 is 1.41 bits per heavy atom. The van der Waals surface area contributed by atoms with Crippen LogP contribution in [0.25, 0.3) is 0 Å². The molecular weight excluding hydrogens is 370 g/mol. The van der Waals surface area contributed by atoms with Gasteiger partial charge in [-0.2, -0.15) is 0 Å². The molecule has 0 saturated carbocycles. The van der Waals surface area contributed by atoms with Crippen molar-refractivity contribution in [2.24, 2.45) is 11.8 Å². The summed E-state index contributed by atoms with van der Waals surface area (Å²) in [4.78, 5) is 50.7. The van der Waals surface area contributed by atoms with Crippen molar-refractivity contribution in [3.8, 4) is 0 Å². The molecule has 0 spiro atoms. The van der Waals surface area contributed by atoms with Crippen LogP contribution in [0.1, 0.15) is 33.6 Å². The minimum Gasteiger partial charge on any atom is -0.454 e. The average molecular weight is 389 g/mol. The highest BCUT2D eigenvalue weighted by Crippen LogP contribution is 2.37. The molecule has 1 aliphatic carbocycles. The third kappa shape index (κ3) is 3.61. The van der Waals surface area contributed by atoms with E-state index in [9.17, 15) is 19.2 Å². The highest BCUT2D eigenvalue weighted by Gasteiger charge is 2.47. The fraction of sp³-hybridized carbons (Fsp3) is 0.217. The second kappa shape index (κ2) is 7.83. The average Bonchev–Trinajstić information content (AvgIpc) is 3.03. The highest BCUT2D eigenvalue weighted by molar-refractivity contribution is 6.22. The summed E-state index contributed by atoms with van der Waals surface area (Å²) in [6.07, 6.45) is 5.02. The number of rotatable bonds is 5. The maximum absolute atomic E-state index is 12.6. The van der Waals surface area contributed by atoms with E-state index in [-0.39, 0.29) is 41.6 Å². The molecule has 6 heteroatoms. The summed E-state index contributed by atoms with van der Waals surface area (Å²) in [5, 5.41) is 0. The van der Waals surface area contributed by atoms with Crippen LogP contribution in [-0.4, -0.2) is 30.2 Å². The van der Waals surface area contributed by atoms with E-state index < -0.39 is 5.97 Å². The first-order chi connectivity index (χ1) is 14.1. The number of hydrogen-bond acceptors (Lipinski definition) is 5. The van der Waals surface area contributed by atoms with E-state index in [4.69, 9.17) is 4.74 Å². The molecular formula is C23H19NO5. The fourth-order valence-electron chi connectivity index (χ4n) is 3.72. The van der Waals surface area contributed by atoms with Crippen LogP contribution in [0.15, 0.2) is 66.7 Å². The third-order valence-electron chi connectivity index (χ3n) is 5.30. The van der Waals surface area contributed by atoms with E-state index in [0.29, 0.717) is 24.1 Å². The van der Waals surface area contributed by atoms with Gasteiger partial charge in [-0.1, -0.05) is 42.5 Å². The normalized spacial score (nSPS) is 20.5. The van der Waals surface area contributed by atoms with Crippen molar-refractivity contribution in [2.45, 2.75) is 12.8 Å². The first-order valence-electron chi connectivity index (χ1n) is 9.44. The van der Waals surface area contributed by atoms with E-state index in [1.54, 1.807) is 42.5 Å². The summed E-state index contributed by atoms with van der Waals surface area (Å²) in [5.41, 5.74) is 1.15. The number of imide groups is 1. The number of anilines is 1. The van der Waals surface area contributed by atoms with Gasteiger partial charge in [0.2, 0.25) is 11.8 Å². The largest absolute Gasteiger partial charge is 0.454 e. The molecule has 6 nitrogen and oxygen atoms in total. The lowest BCUT2D eigenvalue weighted by molar-refractivity contribution is -0.122. The molecule has 1 aliphatic heterocycles. The lowest BCUT2D eigenvalue weighted by Crippen LogP contribution is -2.30. The molecule has 0 unspecified atom stereocenters. The van der Waals surface area contributed by atoms with Gasteiger partial charge in [-0.3, -0.25) is 19.3 Å². The van der Waals surface area contributed by atoms with E-state index >= 15 is 0 Å². The first kappa shape index (κ1) is 18.8. The second-order valence-corrected chi connectivity index (χ2v) is 7.08. The van der Waals surface area contributed by atoms with Gasteiger partial charge in [-0.25, -0.2) is 4.79 Å². The fourth-order valence-corrected chi connectivity index (χ4v) is 3.72. The SMILES string of the molecule is O=C(COC(=O)c1ccc(N2C(=O)[C@@H]3CC=CC[C@H]3C2=O)cc1)c1ccccc1. The quantitative estimate of drug-likeness (QED) is 0.340. The van der Waals surface area contributed by atoms with Crippen LogP contribution >= 0.6 is 0 Å². The molecule has 146 valence electrons. The summed E-state index contributed by atoms with van der Waals surface area (Å²) in [5.74, 6) is -1.94. The Balaban J connectivity index is 1.41. The molecule has 0 bridgehead atoms. The van der Waals surface area contributed by atoms with Crippen molar-refractivity contribution in [3.63, 3.8) is 0 Å². The number of allylic oxidation sites excluding steroid dienone is 2. The maximum atomic E-state index is 12.6. The molecule has 1 fully saturated rings. The lowest BCUT2D eigenvalue weighted by atomic mass is 9.85. The van der Waals surface area contributed by atoms with Crippen LogP contribution < -0.4 is 4.90 Å². The van der Waals surface area contributed by atoms with Gasteiger partial charge in [0.25, 0.3) is 0 Å². The van der Waals surface area contributed by atoms with E-state index in [2.05, 4.69) is 0 Å². The van der Waals surface area contributed by atoms with Gasteiger partial charge in [0.05, 0.1) is 23.1 Å². The number of nitrogens with zero attached hydrogens (tertiary/aromatic N) is 1. The van der Waals surface area contributed by atoms with E-state index in [1.165, 1.54) is 17.0 Å². The van der Waals surface area contributed by atoms with Gasteiger partial charge in [0.15, 0.2) is 12.4 Å². The number of ether oxygens (including phenoxy) is 1. The number of benzene rings is 2. The van der Waals surface area contributed by atoms with Crippen molar-refractivity contribution in [2.75, 3.05) is 11.5 Å². The standard InChI is InChI=1S/C23H19NO5/c25-20(15-6-2-1-3-7-15)14-29-23(28)16-10-12-17(13-11-16)24-21(26)18-8-4-5-9-19(18)22(24)27/h1-7,10-13,18-19H,8-9,14H2/t18-,19-/m1/s1. The molecule has 2 aromatic rings. The Bertz CT molecular complexity index is 968. The summed E-state index contributed by atoms with van der Waals surface area (Å²) < 4.78 is 5.08.